The third-order valence-electron chi connectivity index (χ3n) is 9.78. The van der Waals surface area contributed by atoms with E-state index in [1.165, 1.54) is 46.8 Å². The molecule has 4 aliphatic carbocycles. The largest absolute Gasteiger partial charge is 0.489 e. The van der Waals surface area contributed by atoms with E-state index in [9.17, 15) is 4.79 Å². The first-order valence-corrected chi connectivity index (χ1v) is 16.8. The number of benzene rings is 4. The van der Waals surface area contributed by atoms with Crippen LogP contribution in [0.25, 0.3) is 0 Å². The van der Waals surface area contributed by atoms with Gasteiger partial charge in [0.15, 0.2) is 21.3 Å². The Morgan fingerprint density at radius 1 is 0.674 bits per heavy atom. The SMILES string of the molecule is CC1(OC(=O)COc2ccc(COc3cccc([S+](c4ccccc4)c4ccccc4)c3)cc2)C2CC3CC(C2)CC1C3. The number of esters is 1. The smallest absolute Gasteiger partial charge is 0.344 e. The van der Waals surface area contributed by atoms with Crippen LogP contribution in [0.15, 0.2) is 124 Å². The standard InChI is InChI=1S/C38H39O4S/c1-38(30-20-28-19-29(22-30)23-31(38)21-28)42-37(39)26-41-32-17-15-27(16-18-32)25-40-33-9-8-14-36(24-33)43(34-10-4-2-5-11-34)35-12-6-3-7-13-35/h2-18,24,28-31H,19-23,25-26H2,1H3/q+1. The molecular formula is C38H39O4S+. The maximum absolute atomic E-state index is 12.8. The Labute approximate surface area is 257 Å². The highest BCUT2D eigenvalue weighted by Crippen LogP contribution is 2.59. The second-order valence-electron chi connectivity index (χ2n) is 12.6. The first-order chi connectivity index (χ1) is 21.0. The minimum absolute atomic E-state index is 0.0602. The van der Waals surface area contributed by atoms with Gasteiger partial charge in [0.25, 0.3) is 0 Å². The van der Waals surface area contributed by atoms with Gasteiger partial charge >= 0.3 is 5.97 Å². The quantitative estimate of drug-likeness (QED) is 0.137. The Hall–Kier alpha value is -3.70. The van der Waals surface area contributed by atoms with Gasteiger partial charge in [-0.15, -0.1) is 0 Å². The van der Waals surface area contributed by atoms with Gasteiger partial charge in [-0.2, -0.15) is 0 Å². The Kier molecular flexibility index (Phi) is 7.92. The van der Waals surface area contributed by atoms with E-state index < -0.39 is 0 Å². The highest BCUT2D eigenvalue weighted by atomic mass is 32.2. The van der Waals surface area contributed by atoms with Gasteiger partial charge in [0.2, 0.25) is 0 Å². The molecule has 8 rings (SSSR count). The molecule has 0 saturated heterocycles. The summed E-state index contributed by atoms with van der Waals surface area (Å²) in [4.78, 5) is 16.6. The molecular weight excluding hydrogens is 552 g/mol. The van der Waals surface area contributed by atoms with Crippen LogP contribution in [-0.4, -0.2) is 18.2 Å². The fourth-order valence-electron chi connectivity index (χ4n) is 7.76. The lowest BCUT2D eigenvalue weighted by atomic mass is 9.50. The van der Waals surface area contributed by atoms with Gasteiger partial charge in [-0.1, -0.05) is 54.6 Å². The number of carbonyl (C=O) groups is 1. The van der Waals surface area contributed by atoms with E-state index in [4.69, 9.17) is 14.2 Å². The average molecular weight is 592 g/mol. The molecule has 5 heteroatoms. The summed E-state index contributed by atoms with van der Waals surface area (Å²) in [5.74, 6) is 3.95. The van der Waals surface area contributed by atoms with Crippen LogP contribution in [0.3, 0.4) is 0 Å². The van der Waals surface area contributed by atoms with E-state index in [-0.39, 0.29) is 29.1 Å². The highest BCUT2D eigenvalue weighted by Gasteiger charge is 2.57. The van der Waals surface area contributed by atoms with Crippen LogP contribution in [0.5, 0.6) is 11.5 Å². The predicted octanol–water partition coefficient (Wildman–Crippen LogP) is 8.50. The molecule has 4 aliphatic rings. The molecule has 43 heavy (non-hydrogen) atoms. The average Bonchev–Trinajstić information content (AvgIpc) is 3.03. The fourth-order valence-corrected chi connectivity index (χ4v) is 9.89. The van der Waals surface area contributed by atoms with Crippen molar-refractivity contribution < 1.29 is 19.0 Å². The van der Waals surface area contributed by atoms with Gasteiger partial charge in [0, 0.05) is 6.07 Å². The molecule has 0 amide bonds. The van der Waals surface area contributed by atoms with Gasteiger partial charge in [-0.05, 0) is 117 Å². The van der Waals surface area contributed by atoms with Crippen molar-refractivity contribution in [2.24, 2.45) is 23.7 Å². The van der Waals surface area contributed by atoms with Gasteiger partial charge in [0.1, 0.15) is 23.7 Å². The van der Waals surface area contributed by atoms with Crippen molar-refractivity contribution in [3.63, 3.8) is 0 Å². The number of hydrogen-bond acceptors (Lipinski definition) is 4. The molecule has 220 valence electrons. The molecule has 0 unspecified atom stereocenters. The topological polar surface area (TPSA) is 44.8 Å². The lowest BCUT2D eigenvalue weighted by Gasteiger charge is -2.59. The van der Waals surface area contributed by atoms with Crippen molar-refractivity contribution in [3.05, 3.63) is 115 Å². The molecule has 4 bridgehead atoms. The monoisotopic (exact) mass is 591 g/mol. The molecule has 0 radical (unpaired) electrons. The summed E-state index contributed by atoms with van der Waals surface area (Å²) in [6.07, 6.45) is 6.24. The summed E-state index contributed by atoms with van der Waals surface area (Å²) in [5.41, 5.74) is 0.710. The predicted molar refractivity (Wildman–Crippen MR) is 169 cm³/mol. The number of carbonyl (C=O) groups excluding carboxylic acids is 1. The summed E-state index contributed by atoms with van der Waals surface area (Å²) < 4.78 is 18.2. The van der Waals surface area contributed by atoms with Gasteiger partial charge in [-0.25, -0.2) is 4.79 Å². The molecule has 4 aromatic carbocycles. The van der Waals surface area contributed by atoms with Crippen LogP contribution in [0.1, 0.15) is 44.6 Å². The maximum Gasteiger partial charge on any atom is 0.344 e. The Bertz CT molecular complexity index is 1470. The summed E-state index contributed by atoms with van der Waals surface area (Å²) in [6, 6.07) is 37.4. The van der Waals surface area contributed by atoms with Crippen LogP contribution < -0.4 is 9.47 Å². The number of rotatable bonds is 10. The summed E-state index contributed by atoms with van der Waals surface area (Å²) >= 11 is 0. The number of hydrogen-bond donors (Lipinski definition) is 0. The van der Waals surface area contributed by atoms with Crippen molar-refractivity contribution in [1.82, 2.24) is 0 Å². The van der Waals surface area contributed by atoms with Gasteiger partial charge in [0.05, 0.1) is 10.9 Å². The lowest BCUT2D eigenvalue weighted by molar-refractivity contribution is -0.204. The van der Waals surface area contributed by atoms with Gasteiger partial charge in [-0.3, -0.25) is 0 Å². The van der Waals surface area contributed by atoms with Crippen molar-refractivity contribution >= 4 is 16.9 Å². The van der Waals surface area contributed by atoms with Crippen LogP contribution >= 0.6 is 0 Å². The van der Waals surface area contributed by atoms with E-state index in [0.29, 0.717) is 24.2 Å². The molecule has 0 aliphatic heterocycles. The summed E-state index contributed by atoms with van der Waals surface area (Å²) in [6.45, 7) is 2.56. The molecule has 4 fully saturated rings. The molecule has 4 nitrogen and oxygen atoms in total. The molecule has 0 heterocycles. The zero-order chi connectivity index (χ0) is 29.2. The molecule has 0 atom stereocenters. The lowest BCUT2D eigenvalue weighted by Crippen LogP contribution is -2.58. The van der Waals surface area contributed by atoms with E-state index in [0.717, 1.165) is 23.1 Å². The first kappa shape index (κ1) is 28.1. The molecule has 0 N–H and O–H groups in total. The Morgan fingerprint density at radius 2 is 1.26 bits per heavy atom. The van der Waals surface area contributed by atoms with Crippen LogP contribution in [0.2, 0.25) is 0 Å². The highest BCUT2D eigenvalue weighted by molar-refractivity contribution is 7.97. The van der Waals surface area contributed by atoms with Crippen LogP contribution in [0, 0.1) is 23.7 Å². The molecule has 0 aromatic heterocycles. The summed E-state index contributed by atoms with van der Waals surface area (Å²) in [7, 11) is -0.223. The normalized spacial score (nSPS) is 25.4. The fraction of sp³-hybridized carbons (Fsp3) is 0.342. The van der Waals surface area contributed by atoms with Crippen molar-refractivity contribution in [3.8, 4) is 11.5 Å². The Balaban J connectivity index is 0.948. The third kappa shape index (κ3) is 6.05. The van der Waals surface area contributed by atoms with Crippen LogP contribution in [0.4, 0.5) is 0 Å². The third-order valence-corrected chi connectivity index (χ3v) is 12.0. The molecule has 4 saturated carbocycles. The molecule has 4 aromatic rings. The van der Waals surface area contributed by atoms with Crippen molar-refractivity contribution in [2.45, 2.75) is 65.9 Å². The zero-order valence-corrected chi connectivity index (χ0v) is 25.5. The second kappa shape index (κ2) is 12.1. The summed E-state index contributed by atoms with van der Waals surface area (Å²) in [5, 5.41) is 0. The minimum atomic E-state index is -0.324. The Morgan fingerprint density at radius 3 is 1.86 bits per heavy atom. The minimum Gasteiger partial charge on any atom is -0.489 e. The van der Waals surface area contributed by atoms with E-state index >= 15 is 0 Å². The van der Waals surface area contributed by atoms with Crippen LogP contribution in [-0.2, 0) is 27.0 Å². The van der Waals surface area contributed by atoms with Crippen molar-refractivity contribution in [2.75, 3.05) is 6.61 Å². The van der Waals surface area contributed by atoms with E-state index in [1.807, 2.05) is 30.3 Å². The van der Waals surface area contributed by atoms with E-state index in [1.54, 1.807) is 0 Å². The van der Waals surface area contributed by atoms with E-state index in [2.05, 4.69) is 85.8 Å². The second-order valence-corrected chi connectivity index (χ2v) is 14.6. The zero-order valence-electron chi connectivity index (χ0n) is 24.7. The van der Waals surface area contributed by atoms with Crippen molar-refractivity contribution in [1.29, 1.82) is 0 Å². The molecule has 0 spiro atoms. The maximum atomic E-state index is 12.8. The first-order valence-electron chi connectivity index (χ1n) is 15.5. The van der Waals surface area contributed by atoms with Gasteiger partial charge < -0.3 is 14.2 Å². The number of ether oxygens (including phenoxy) is 3.